The van der Waals surface area contributed by atoms with E-state index in [1.165, 1.54) is 45.3 Å². The largest absolute Gasteiger partial charge is 0.376 e. The molecule has 1 heterocycles. The van der Waals surface area contributed by atoms with Crippen molar-refractivity contribution in [2.45, 2.75) is 103 Å². The Morgan fingerprint density at radius 3 is 1.83 bits per heavy atom. The van der Waals surface area contributed by atoms with Crippen molar-refractivity contribution in [3.8, 4) is 0 Å². The smallest absolute Gasteiger partial charge is 0.0628 e. The van der Waals surface area contributed by atoms with Crippen LogP contribution in [-0.4, -0.2) is 61.2 Å². The molecule has 3 rings (SSSR count). The van der Waals surface area contributed by atoms with E-state index >= 15 is 0 Å². The molecular formula is C20H37NO3. The summed E-state index contributed by atoms with van der Waals surface area (Å²) in [5.41, 5.74) is 0. The molecule has 0 bridgehead atoms. The SMILES string of the molecule is CC(C)OC1CC(CN2CCC(OC3CC(OC(C)C)C3)CC2)C1. The summed E-state index contributed by atoms with van der Waals surface area (Å²) in [7, 11) is 0. The Balaban J connectivity index is 1.24. The molecular weight excluding hydrogens is 302 g/mol. The molecule has 0 aromatic carbocycles. The van der Waals surface area contributed by atoms with Crippen LogP contribution in [0.15, 0.2) is 0 Å². The fourth-order valence-electron chi connectivity index (χ4n) is 4.31. The molecule has 3 aliphatic rings. The molecule has 0 radical (unpaired) electrons. The zero-order chi connectivity index (χ0) is 17.1. The normalized spacial score (nSPS) is 35.2. The lowest BCUT2D eigenvalue weighted by Crippen LogP contribution is -2.46. The Kier molecular flexibility index (Phi) is 6.58. The molecule has 0 unspecified atom stereocenters. The summed E-state index contributed by atoms with van der Waals surface area (Å²) in [6.45, 7) is 12.2. The van der Waals surface area contributed by atoms with Crippen LogP contribution in [0.3, 0.4) is 0 Å². The first-order valence-electron chi connectivity index (χ1n) is 10.2. The van der Waals surface area contributed by atoms with Gasteiger partial charge in [-0.15, -0.1) is 0 Å². The van der Waals surface area contributed by atoms with Gasteiger partial charge in [0.2, 0.25) is 0 Å². The molecule has 24 heavy (non-hydrogen) atoms. The van der Waals surface area contributed by atoms with Gasteiger partial charge in [0.15, 0.2) is 0 Å². The van der Waals surface area contributed by atoms with Gasteiger partial charge in [0.25, 0.3) is 0 Å². The lowest BCUT2D eigenvalue weighted by atomic mass is 9.81. The van der Waals surface area contributed by atoms with Crippen molar-refractivity contribution in [2.24, 2.45) is 5.92 Å². The maximum absolute atomic E-state index is 6.27. The minimum Gasteiger partial charge on any atom is -0.376 e. The predicted octanol–water partition coefficient (Wildman–Crippen LogP) is 3.63. The summed E-state index contributed by atoms with van der Waals surface area (Å²) in [6, 6.07) is 0. The average molecular weight is 340 g/mol. The van der Waals surface area contributed by atoms with E-state index in [-0.39, 0.29) is 0 Å². The monoisotopic (exact) mass is 339 g/mol. The second-order valence-corrected chi connectivity index (χ2v) is 8.68. The van der Waals surface area contributed by atoms with Gasteiger partial charge in [-0.2, -0.15) is 0 Å². The maximum atomic E-state index is 6.27. The van der Waals surface area contributed by atoms with Crippen molar-refractivity contribution in [1.29, 1.82) is 0 Å². The van der Waals surface area contributed by atoms with Crippen LogP contribution < -0.4 is 0 Å². The van der Waals surface area contributed by atoms with Crippen LogP contribution in [0.2, 0.25) is 0 Å². The van der Waals surface area contributed by atoms with E-state index in [1.807, 2.05) is 0 Å². The maximum Gasteiger partial charge on any atom is 0.0628 e. The first-order valence-corrected chi connectivity index (χ1v) is 10.2. The van der Waals surface area contributed by atoms with E-state index in [0.29, 0.717) is 36.6 Å². The van der Waals surface area contributed by atoms with Gasteiger partial charge in [-0.05, 0) is 72.1 Å². The Morgan fingerprint density at radius 1 is 0.750 bits per heavy atom. The van der Waals surface area contributed by atoms with E-state index < -0.39 is 0 Å². The summed E-state index contributed by atoms with van der Waals surface area (Å²) < 4.78 is 18.0. The fraction of sp³-hybridized carbons (Fsp3) is 1.00. The van der Waals surface area contributed by atoms with Gasteiger partial charge < -0.3 is 19.1 Å². The predicted molar refractivity (Wildman–Crippen MR) is 96.3 cm³/mol. The third-order valence-electron chi connectivity index (χ3n) is 5.61. The van der Waals surface area contributed by atoms with Crippen molar-refractivity contribution in [1.82, 2.24) is 4.90 Å². The number of nitrogens with zero attached hydrogens (tertiary/aromatic N) is 1. The molecule has 0 atom stereocenters. The highest BCUT2D eigenvalue weighted by atomic mass is 16.5. The molecule has 0 N–H and O–H groups in total. The minimum absolute atomic E-state index is 0.344. The van der Waals surface area contributed by atoms with Gasteiger partial charge in [0, 0.05) is 19.6 Å². The van der Waals surface area contributed by atoms with Crippen LogP contribution >= 0.6 is 0 Å². The van der Waals surface area contributed by atoms with Gasteiger partial charge in [0.05, 0.1) is 36.6 Å². The lowest BCUT2D eigenvalue weighted by molar-refractivity contribution is -0.147. The molecule has 0 amide bonds. The second kappa shape index (κ2) is 8.48. The molecule has 0 aromatic heterocycles. The Morgan fingerprint density at radius 2 is 1.29 bits per heavy atom. The molecule has 2 aliphatic carbocycles. The zero-order valence-electron chi connectivity index (χ0n) is 16.1. The third-order valence-corrected chi connectivity index (χ3v) is 5.61. The second-order valence-electron chi connectivity index (χ2n) is 8.68. The molecule has 0 aromatic rings. The van der Waals surface area contributed by atoms with Crippen LogP contribution in [0.1, 0.15) is 66.2 Å². The Hall–Kier alpha value is -0.160. The van der Waals surface area contributed by atoms with E-state index in [4.69, 9.17) is 14.2 Å². The summed E-state index contributed by atoms with van der Waals surface area (Å²) in [4.78, 5) is 2.64. The fourth-order valence-corrected chi connectivity index (χ4v) is 4.31. The van der Waals surface area contributed by atoms with Gasteiger partial charge in [-0.25, -0.2) is 0 Å². The molecule has 4 nitrogen and oxygen atoms in total. The van der Waals surface area contributed by atoms with Crippen LogP contribution in [0.25, 0.3) is 0 Å². The summed E-state index contributed by atoms with van der Waals surface area (Å²) >= 11 is 0. The van der Waals surface area contributed by atoms with Crippen molar-refractivity contribution < 1.29 is 14.2 Å². The molecule has 0 spiro atoms. The first kappa shape index (κ1) is 18.6. The number of rotatable bonds is 8. The van der Waals surface area contributed by atoms with Gasteiger partial charge in [0.1, 0.15) is 0 Å². The van der Waals surface area contributed by atoms with Crippen LogP contribution in [0.5, 0.6) is 0 Å². The molecule has 2 saturated carbocycles. The van der Waals surface area contributed by atoms with E-state index in [0.717, 1.165) is 18.8 Å². The summed E-state index contributed by atoms with van der Waals surface area (Å²) in [5, 5.41) is 0. The summed E-state index contributed by atoms with van der Waals surface area (Å²) in [5.74, 6) is 0.854. The van der Waals surface area contributed by atoms with Crippen LogP contribution in [0.4, 0.5) is 0 Å². The van der Waals surface area contributed by atoms with Crippen molar-refractivity contribution >= 4 is 0 Å². The number of piperidine rings is 1. The highest BCUT2D eigenvalue weighted by Crippen LogP contribution is 2.33. The minimum atomic E-state index is 0.344. The molecule has 1 saturated heterocycles. The molecule has 3 fully saturated rings. The standard InChI is InChI=1S/C20H37NO3/c1-14(2)22-18-9-16(10-18)13-21-7-5-17(6-8-21)24-20-11-19(12-20)23-15(3)4/h14-20H,5-13H2,1-4H3. The lowest BCUT2D eigenvalue weighted by Gasteiger charge is -2.43. The average Bonchev–Trinajstić information content (AvgIpc) is 2.43. The number of hydrogen-bond donors (Lipinski definition) is 0. The first-order chi connectivity index (χ1) is 11.5. The zero-order valence-corrected chi connectivity index (χ0v) is 16.1. The van der Waals surface area contributed by atoms with Gasteiger partial charge in [-0.3, -0.25) is 0 Å². The number of ether oxygens (including phenoxy) is 3. The quantitative estimate of drug-likeness (QED) is 0.676. The van der Waals surface area contributed by atoms with Crippen molar-refractivity contribution in [2.75, 3.05) is 19.6 Å². The Labute approximate surface area is 148 Å². The molecule has 140 valence electrons. The molecule has 1 aliphatic heterocycles. The van der Waals surface area contributed by atoms with E-state index in [2.05, 4.69) is 32.6 Å². The topological polar surface area (TPSA) is 30.9 Å². The highest BCUT2D eigenvalue weighted by molar-refractivity contribution is 4.86. The van der Waals surface area contributed by atoms with Crippen molar-refractivity contribution in [3.05, 3.63) is 0 Å². The molecule has 4 heteroatoms. The summed E-state index contributed by atoms with van der Waals surface area (Å²) in [6.07, 6.45) is 9.71. The Bertz CT molecular complexity index is 331. The van der Waals surface area contributed by atoms with Gasteiger partial charge >= 0.3 is 0 Å². The van der Waals surface area contributed by atoms with Gasteiger partial charge in [-0.1, -0.05) is 0 Å². The van der Waals surface area contributed by atoms with E-state index in [1.54, 1.807) is 0 Å². The number of hydrogen-bond acceptors (Lipinski definition) is 4. The third kappa shape index (κ3) is 5.42. The highest BCUT2D eigenvalue weighted by Gasteiger charge is 2.35. The van der Waals surface area contributed by atoms with Crippen LogP contribution in [0, 0.1) is 5.92 Å². The van der Waals surface area contributed by atoms with E-state index in [9.17, 15) is 0 Å². The van der Waals surface area contributed by atoms with Crippen molar-refractivity contribution in [3.63, 3.8) is 0 Å². The van der Waals surface area contributed by atoms with Crippen LogP contribution in [-0.2, 0) is 14.2 Å². The number of likely N-dealkylation sites (tertiary alicyclic amines) is 1.